The summed E-state index contributed by atoms with van der Waals surface area (Å²) in [6.45, 7) is 2.34. The number of hydrogen-bond acceptors (Lipinski definition) is 3. The van der Waals surface area contributed by atoms with E-state index in [0.29, 0.717) is 12.4 Å². The highest BCUT2D eigenvalue weighted by Gasteiger charge is 2.18. The number of hydrogen-bond donors (Lipinski definition) is 0. The maximum absolute atomic E-state index is 12.8. The molecule has 152 valence electrons. The van der Waals surface area contributed by atoms with Gasteiger partial charge in [-0.3, -0.25) is 14.3 Å². The van der Waals surface area contributed by atoms with Crippen LogP contribution in [0.5, 0.6) is 5.75 Å². The molecule has 0 saturated heterocycles. The van der Waals surface area contributed by atoms with Crippen LogP contribution in [0.1, 0.15) is 35.4 Å². The van der Waals surface area contributed by atoms with Gasteiger partial charge in [0, 0.05) is 47.8 Å². The molecular formula is C25H25N3O2. The van der Waals surface area contributed by atoms with Crippen molar-refractivity contribution >= 4 is 10.9 Å². The Morgan fingerprint density at radius 2 is 1.93 bits per heavy atom. The highest BCUT2D eigenvalue weighted by Crippen LogP contribution is 2.32. The van der Waals surface area contributed by atoms with E-state index in [9.17, 15) is 4.79 Å². The molecule has 3 aromatic heterocycles. The molecule has 0 spiro atoms. The minimum Gasteiger partial charge on any atom is -0.489 e. The lowest BCUT2D eigenvalue weighted by Gasteiger charge is -2.12. The Balaban J connectivity index is 1.43. The summed E-state index contributed by atoms with van der Waals surface area (Å²) in [5.41, 5.74) is 6.83. The van der Waals surface area contributed by atoms with Crippen molar-refractivity contribution in [2.45, 2.75) is 39.2 Å². The molecule has 1 aliphatic rings. The average molecular weight is 399 g/mol. The van der Waals surface area contributed by atoms with Gasteiger partial charge in [0.2, 0.25) is 0 Å². The Kier molecular flexibility index (Phi) is 4.66. The maximum atomic E-state index is 12.8. The fourth-order valence-electron chi connectivity index (χ4n) is 4.41. The summed E-state index contributed by atoms with van der Waals surface area (Å²) in [5, 5.41) is 1.32. The predicted octanol–water partition coefficient (Wildman–Crippen LogP) is 4.49. The molecule has 5 nitrogen and oxygen atoms in total. The van der Waals surface area contributed by atoms with Crippen LogP contribution in [0.2, 0.25) is 0 Å². The van der Waals surface area contributed by atoms with Gasteiger partial charge in [-0.25, -0.2) is 0 Å². The van der Waals surface area contributed by atoms with Crippen molar-refractivity contribution in [1.29, 1.82) is 0 Å². The van der Waals surface area contributed by atoms with Gasteiger partial charge in [-0.2, -0.15) is 0 Å². The summed E-state index contributed by atoms with van der Waals surface area (Å²) in [5.74, 6) is 0.562. The minimum absolute atomic E-state index is 0.104. The number of pyridine rings is 2. The molecule has 0 atom stereocenters. The largest absolute Gasteiger partial charge is 0.489 e. The van der Waals surface area contributed by atoms with E-state index < -0.39 is 0 Å². The molecule has 0 aliphatic heterocycles. The maximum Gasteiger partial charge on any atom is 0.258 e. The molecule has 0 N–H and O–H groups in total. The van der Waals surface area contributed by atoms with Crippen molar-refractivity contribution in [2.75, 3.05) is 0 Å². The van der Waals surface area contributed by atoms with E-state index in [4.69, 9.17) is 4.74 Å². The molecule has 1 aliphatic carbocycles. The SMILES string of the molecule is Cc1ccc(COc2ccn(-c3ccc4c5c(n(C)c4c3)CCCC5)c(=O)c2)cn1. The van der Waals surface area contributed by atoms with E-state index in [1.165, 1.54) is 35.0 Å². The van der Waals surface area contributed by atoms with Crippen LogP contribution in [-0.4, -0.2) is 14.1 Å². The molecule has 0 bridgehead atoms. The van der Waals surface area contributed by atoms with Crippen molar-refractivity contribution in [3.63, 3.8) is 0 Å². The zero-order valence-corrected chi connectivity index (χ0v) is 17.4. The second-order valence-electron chi connectivity index (χ2n) is 8.06. The van der Waals surface area contributed by atoms with Gasteiger partial charge in [0.1, 0.15) is 12.4 Å². The third kappa shape index (κ3) is 3.30. The van der Waals surface area contributed by atoms with Crippen molar-refractivity contribution < 1.29 is 4.74 Å². The van der Waals surface area contributed by atoms with E-state index in [0.717, 1.165) is 29.8 Å². The molecule has 0 radical (unpaired) electrons. The van der Waals surface area contributed by atoms with Crippen molar-refractivity contribution in [2.24, 2.45) is 7.05 Å². The van der Waals surface area contributed by atoms with Gasteiger partial charge in [0.15, 0.2) is 0 Å². The van der Waals surface area contributed by atoms with E-state index in [1.54, 1.807) is 23.0 Å². The summed E-state index contributed by atoms with van der Waals surface area (Å²) in [4.78, 5) is 17.0. The van der Waals surface area contributed by atoms with Gasteiger partial charge in [-0.1, -0.05) is 12.1 Å². The van der Waals surface area contributed by atoms with Crippen LogP contribution in [0.25, 0.3) is 16.6 Å². The zero-order chi connectivity index (χ0) is 20.7. The molecular weight excluding hydrogens is 374 g/mol. The lowest BCUT2D eigenvalue weighted by molar-refractivity contribution is 0.304. The fraction of sp³-hybridized carbons (Fsp3) is 0.280. The fourth-order valence-corrected chi connectivity index (χ4v) is 4.41. The molecule has 5 heteroatoms. The van der Waals surface area contributed by atoms with E-state index in [2.05, 4.69) is 28.7 Å². The average Bonchev–Trinajstić information content (AvgIpc) is 3.05. The molecule has 4 aromatic rings. The quantitative estimate of drug-likeness (QED) is 0.508. The van der Waals surface area contributed by atoms with E-state index >= 15 is 0 Å². The number of fused-ring (bicyclic) bond motifs is 3. The summed E-state index contributed by atoms with van der Waals surface area (Å²) < 4.78 is 9.76. The minimum atomic E-state index is -0.104. The number of ether oxygens (including phenoxy) is 1. The van der Waals surface area contributed by atoms with Crippen LogP contribution in [0.3, 0.4) is 0 Å². The molecule has 0 fully saturated rings. The first-order valence-corrected chi connectivity index (χ1v) is 10.5. The Labute approximate surface area is 175 Å². The lowest BCUT2D eigenvalue weighted by Crippen LogP contribution is -2.16. The monoisotopic (exact) mass is 399 g/mol. The normalized spacial score (nSPS) is 13.4. The van der Waals surface area contributed by atoms with Gasteiger partial charge in [0.05, 0.1) is 11.2 Å². The molecule has 3 heterocycles. The van der Waals surface area contributed by atoms with E-state index in [1.807, 2.05) is 31.2 Å². The number of aromatic nitrogens is 3. The molecule has 5 rings (SSSR count). The standard InChI is InChI=1S/C25H25N3O2/c1-17-7-8-18(15-26-17)16-30-20-11-12-28(25(29)14-20)19-9-10-22-21-5-3-4-6-23(21)27(2)24(22)13-19/h7-15H,3-6,16H2,1-2H3. The van der Waals surface area contributed by atoms with Crippen LogP contribution < -0.4 is 10.3 Å². The first-order chi connectivity index (χ1) is 14.6. The summed E-state index contributed by atoms with van der Waals surface area (Å²) in [6.07, 6.45) is 8.38. The Hall–Kier alpha value is -3.34. The Bertz CT molecular complexity index is 1280. The van der Waals surface area contributed by atoms with Crippen molar-refractivity contribution in [3.05, 3.63) is 87.7 Å². The zero-order valence-electron chi connectivity index (χ0n) is 17.4. The molecule has 30 heavy (non-hydrogen) atoms. The smallest absolute Gasteiger partial charge is 0.258 e. The predicted molar refractivity (Wildman–Crippen MR) is 118 cm³/mol. The second kappa shape index (κ2) is 7.48. The Morgan fingerprint density at radius 1 is 1.07 bits per heavy atom. The molecule has 1 aromatic carbocycles. The summed E-state index contributed by atoms with van der Waals surface area (Å²) in [7, 11) is 2.13. The Morgan fingerprint density at radius 3 is 2.73 bits per heavy atom. The lowest BCUT2D eigenvalue weighted by atomic mass is 9.95. The molecule has 0 unspecified atom stereocenters. The third-order valence-electron chi connectivity index (χ3n) is 6.06. The topological polar surface area (TPSA) is 49.0 Å². The van der Waals surface area contributed by atoms with Gasteiger partial charge in [0.25, 0.3) is 5.56 Å². The van der Waals surface area contributed by atoms with Gasteiger partial charge in [-0.15, -0.1) is 0 Å². The first-order valence-electron chi connectivity index (χ1n) is 10.5. The highest BCUT2D eigenvalue weighted by molar-refractivity contribution is 5.87. The molecule has 0 saturated carbocycles. The van der Waals surface area contributed by atoms with Crippen molar-refractivity contribution in [1.82, 2.24) is 14.1 Å². The van der Waals surface area contributed by atoms with Crippen LogP contribution in [0, 0.1) is 6.92 Å². The number of aryl methyl sites for hydroxylation is 3. The van der Waals surface area contributed by atoms with Gasteiger partial charge >= 0.3 is 0 Å². The van der Waals surface area contributed by atoms with Crippen LogP contribution >= 0.6 is 0 Å². The van der Waals surface area contributed by atoms with Crippen LogP contribution in [-0.2, 0) is 26.5 Å². The van der Waals surface area contributed by atoms with Gasteiger partial charge in [-0.05, 0) is 62.4 Å². The summed E-state index contributed by atoms with van der Waals surface area (Å²) >= 11 is 0. The number of rotatable bonds is 4. The second-order valence-corrected chi connectivity index (χ2v) is 8.06. The van der Waals surface area contributed by atoms with Crippen molar-refractivity contribution in [3.8, 4) is 11.4 Å². The highest BCUT2D eigenvalue weighted by atomic mass is 16.5. The van der Waals surface area contributed by atoms with Crippen LogP contribution in [0.4, 0.5) is 0 Å². The van der Waals surface area contributed by atoms with Crippen LogP contribution in [0.15, 0.2) is 59.7 Å². The molecule has 0 amide bonds. The number of benzene rings is 1. The first kappa shape index (κ1) is 18.7. The van der Waals surface area contributed by atoms with Gasteiger partial charge < -0.3 is 9.30 Å². The summed E-state index contributed by atoms with van der Waals surface area (Å²) in [6, 6.07) is 13.6. The van der Waals surface area contributed by atoms with E-state index in [-0.39, 0.29) is 5.56 Å². The third-order valence-corrected chi connectivity index (χ3v) is 6.06. The number of nitrogens with zero attached hydrogens (tertiary/aromatic N) is 3.